The van der Waals surface area contributed by atoms with E-state index >= 15 is 0 Å². The maximum atomic E-state index is 11.0. The standard InChI is InChI=1S/C16H18N2O3/c1-12(13-6-8-17-9-7-13)18-10-11-21-15-5-3-2-4-14(15)16(19)20/h2-9,12,18H,10-11H2,1H3,(H,19,20)/t12-/m1/s1. The van der Waals surface area contributed by atoms with Crippen LogP contribution >= 0.6 is 0 Å². The highest BCUT2D eigenvalue weighted by molar-refractivity contribution is 5.90. The van der Waals surface area contributed by atoms with E-state index in [9.17, 15) is 4.79 Å². The fourth-order valence-corrected chi connectivity index (χ4v) is 1.98. The Hall–Kier alpha value is -2.40. The Morgan fingerprint density at radius 1 is 1.29 bits per heavy atom. The van der Waals surface area contributed by atoms with Crippen molar-refractivity contribution < 1.29 is 14.6 Å². The molecule has 0 bridgehead atoms. The van der Waals surface area contributed by atoms with Crippen LogP contribution in [0.1, 0.15) is 28.9 Å². The van der Waals surface area contributed by atoms with Crippen LogP contribution in [0.25, 0.3) is 0 Å². The summed E-state index contributed by atoms with van der Waals surface area (Å²) in [5.74, 6) is -0.591. The summed E-state index contributed by atoms with van der Waals surface area (Å²) in [5.41, 5.74) is 1.33. The summed E-state index contributed by atoms with van der Waals surface area (Å²) >= 11 is 0. The molecule has 2 aromatic rings. The van der Waals surface area contributed by atoms with Crippen LogP contribution in [-0.4, -0.2) is 29.2 Å². The van der Waals surface area contributed by atoms with Crippen LogP contribution in [0.15, 0.2) is 48.8 Å². The molecule has 1 heterocycles. The summed E-state index contributed by atoms with van der Waals surface area (Å²) in [7, 11) is 0. The third kappa shape index (κ3) is 4.29. The molecular formula is C16H18N2O3. The van der Waals surface area contributed by atoms with E-state index in [1.54, 1.807) is 30.6 Å². The highest BCUT2D eigenvalue weighted by atomic mass is 16.5. The summed E-state index contributed by atoms with van der Waals surface area (Å²) in [6.07, 6.45) is 3.51. The number of aromatic nitrogens is 1. The highest BCUT2D eigenvalue weighted by Gasteiger charge is 2.10. The molecule has 0 unspecified atom stereocenters. The van der Waals surface area contributed by atoms with E-state index in [0.29, 0.717) is 18.9 Å². The van der Waals surface area contributed by atoms with Gasteiger partial charge in [-0.15, -0.1) is 0 Å². The van der Waals surface area contributed by atoms with E-state index in [4.69, 9.17) is 9.84 Å². The first kappa shape index (κ1) is 15.0. The molecule has 21 heavy (non-hydrogen) atoms. The third-order valence-corrected chi connectivity index (χ3v) is 3.13. The summed E-state index contributed by atoms with van der Waals surface area (Å²) in [4.78, 5) is 15.0. The molecule has 0 aliphatic heterocycles. The molecule has 5 nitrogen and oxygen atoms in total. The topological polar surface area (TPSA) is 71.5 Å². The van der Waals surface area contributed by atoms with Gasteiger partial charge in [0.05, 0.1) is 0 Å². The lowest BCUT2D eigenvalue weighted by Crippen LogP contribution is -2.24. The highest BCUT2D eigenvalue weighted by Crippen LogP contribution is 2.17. The van der Waals surface area contributed by atoms with E-state index in [1.807, 2.05) is 12.1 Å². The number of benzene rings is 1. The number of pyridine rings is 1. The summed E-state index contributed by atoms with van der Waals surface area (Å²) in [6.45, 7) is 3.08. The minimum absolute atomic E-state index is 0.180. The molecule has 0 spiro atoms. The van der Waals surface area contributed by atoms with Gasteiger partial charge in [0.25, 0.3) is 0 Å². The van der Waals surface area contributed by atoms with E-state index in [0.717, 1.165) is 5.56 Å². The Morgan fingerprint density at radius 3 is 2.71 bits per heavy atom. The molecule has 2 N–H and O–H groups in total. The number of rotatable bonds is 7. The molecule has 0 amide bonds. The quantitative estimate of drug-likeness (QED) is 0.765. The molecule has 5 heteroatoms. The molecule has 1 atom stereocenters. The van der Waals surface area contributed by atoms with Gasteiger partial charge in [-0.05, 0) is 36.8 Å². The lowest BCUT2D eigenvalue weighted by atomic mass is 10.1. The van der Waals surface area contributed by atoms with Crippen LogP contribution in [0.4, 0.5) is 0 Å². The van der Waals surface area contributed by atoms with Crippen LogP contribution in [0.5, 0.6) is 5.75 Å². The SMILES string of the molecule is C[C@@H](NCCOc1ccccc1C(=O)O)c1ccncc1. The predicted octanol–water partition coefficient (Wildman–Crippen LogP) is 2.51. The Bertz CT molecular complexity index is 587. The van der Waals surface area contributed by atoms with Crippen LogP contribution in [0.2, 0.25) is 0 Å². The van der Waals surface area contributed by atoms with Gasteiger partial charge in [-0.2, -0.15) is 0 Å². The number of hydrogen-bond donors (Lipinski definition) is 2. The van der Waals surface area contributed by atoms with E-state index in [-0.39, 0.29) is 11.6 Å². The number of nitrogens with zero attached hydrogens (tertiary/aromatic N) is 1. The second-order valence-electron chi connectivity index (χ2n) is 4.61. The van der Waals surface area contributed by atoms with Crippen molar-refractivity contribution in [2.75, 3.05) is 13.2 Å². The molecule has 110 valence electrons. The first-order chi connectivity index (χ1) is 10.2. The number of carbonyl (C=O) groups is 1. The maximum Gasteiger partial charge on any atom is 0.339 e. The van der Waals surface area contributed by atoms with Crippen molar-refractivity contribution in [2.24, 2.45) is 0 Å². The lowest BCUT2D eigenvalue weighted by Gasteiger charge is -2.15. The molecule has 0 saturated heterocycles. The average Bonchev–Trinajstić information content (AvgIpc) is 2.52. The Morgan fingerprint density at radius 2 is 2.00 bits per heavy atom. The van der Waals surface area contributed by atoms with Crippen LogP contribution in [0, 0.1) is 0 Å². The van der Waals surface area contributed by atoms with Crippen LogP contribution in [0.3, 0.4) is 0 Å². The second kappa shape index (κ2) is 7.40. The maximum absolute atomic E-state index is 11.0. The zero-order valence-corrected chi connectivity index (χ0v) is 11.8. The van der Waals surface area contributed by atoms with Gasteiger partial charge in [0.1, 0.15) is 17.9 Å². The van der Waals surface area contributed by atoms with Crippen molar-refractivity contribution >= 4 is 5.97 Å². The van der Waals surface area contributed by atoms with Gasteiger partial charge < -0.3 is 15.2 Å². The zero-order chi connectivity index (χ0) is 15.1. The molecule has 0 aliphatic rings. The number of nitrogens with one attached hydrogen (secondary N) is 1. The number of ether oxygens (including phenoxy) is 1. The Kier molecular flexibility index (Phi) is 5.29. The first-order valence-electron chi connectivity index (χ1n) is 6.77. The molecule has 1 aromatic heterocycles. The number of carboxylic acid groups (broad SMARTS) is 1. The molecule has 0 fully saturated rings. The van der Waals surface area contributed by atoms with Crippen LogP contribution in [-0.2, 0) is 0 Å². The normalized spacial score (nSPS) is 11.9. The molecular weight excluding hydrogens is 268 g/mol. The largest absolute Gasteiger partial charge is 0.491 e. The fraction of sp³-hybridized carbons (Fsp3) is 0.250. The number of carboxylic acids is 1. The van der Waals surface area contributed by atoms with E-state index in [1.165, 1.54) is 6.07 Å². The van der Waals surface area contributed by atoms with Gasteiger partial charge >= 0.3 is 5.97 Å². The van der Waals surface area contributed by atoms with Gasteiger partial charge in [0, 0.05) is 25.0 Å². The van der Waals surface area contributed by atoms with E-state index in [2.05, 4.69) is 17.2 Å². The smallest absolute Gasteiger partial charge is 0.339 e. The summed E-state index contributed by atoms with van der Waals surface area (Å²) in [6, 6.07) is 10.7. The van der Waals surface area contributed by atoms with Crippen molar-refractivity contribution in [3.8, 4) is 5.75 Å². The predicted molar refractivity (Wildman–Crippen MR) is 79.6 cm³/mol. The summed E-state index contributed by atoms with van der Waals surface area (Å²) in [5, 5.41) is 12.4. The molecule has 0 radical (unpaired) electrons. The third-order valence-electron chi connectivity index (χ3n) is 3.13. The molecule has 0 saturated carbocycles. The minimum atomic E-state index is -0.983. The zero-order valence-electron chi connectivity index (χ0n) is 11.8. The number of hydrogen-bond acceptors (Lipinski definition) is 4. The van der Waals surface area contributed by atoms with E-state index < -0.39 is 5.97 Å². The second-order valence-corrected chi connectivity index (χ2v) is 4.61. The minimum Gasteiger partial charge on any atom is -0.491 e. The monoisotopic (exact) mass is 286 g/mol. The van der Waals surface area contributed by atoms with Gasteiger partial charge in [-0.3, -0.25) is 4.98 Å². The van der Waals surface area contributed by atoms with Crippen molar-refractivity contribution in [1.29, 1.82) is 0 Å². The van der Waals surface area contributed by atoms with Gasteiger partial charge in [-0.1, -0.05) is 12.1 Å². The van der Waals surface area contributed by atoms with Crippen molar-refractivity contribution in [3.63, 3.8) is 0 Å². The van der Waals surface area contributed by atoms with Crippen LogP contribution < -0.4 is 10.1 Å². The van der Waals surface area contributed by atoms with Gasteiger partial charge in [-0.25, -0.2) is 4.79 Å². The fourth-order valence-electron chi connectivity index (χ4n) is 1.98. The number of aromatic carboxylic acids is 1. The van der Waals surface area contributed by atoms with Crippen molar-refractivity contribution in [1.82, 2.24) is 10.3 Å². The number of para-hydroxylation sites is 1. The molecule has 0 aliphatic carbocycles. The van der Waals surface area contributed by atoms with Gasteiger partial charge in [0.15, 0.2) is 0 Å². The summed E-state index contributed by atoms with van der Waals surface area (Å²) < 4.78 is 5.53. The Balaban J connectivity index is 1.81. The van der Waals surface area contributed by atoms with Gasteiger partial charge in [0.2, 0.25) is 0 Å². The van der Waals surface area contributed by atoms with Crippen molar-refractivity contribution in [2.45, 2.75) is 13.0 Å². The molecule has 1 aromatic carbocycles. The van der Waals surface area contributed by atoms with Crippen molar-refractivity contribution in [3.05, 3.63) is 59.9 Å². The lowest BCUT2D eigenvalue weighted by molar-refractivity contribution is 0.0692. The first-order valence-corrected chi connectivity index (χ1v) is 6.77. The average molecular weight is 286 g/mol. The Labute approximate surface area is 123 Å². The molecule has 2 rings (SSSR count).